The number of amides is 1. The smallest absolute Gasteiger partial charge is 0.253 e. The molecule has 0 aliphatic carbocycles. The van der Waals surface area contributed by atoms with Crippen LogP contribution in [0.15, 0.2) is 24.3 Å². The van der Waals surface area contributed by atoms with Crippen molar-refractivity contribution >= 4 is 17.5 Å². The third kappa shape index (κ3) is 4.02. The Morgan fingerprint density at radius 1 is 1.28 bits per heavy atom. The number of halogens is 1. The number of likely N-dealkylation sites (tertiary alicyclic amines) is 1. The van der Waals surface area contributed by atoms with Crippen molar-refractivity contribution in [1.29, 1.82) is 0 Å². The van der Waals surface area contributed by atoms with Crippen molar-refractivity contribution in [2.45, 2.75) is 25.3 Å². The monoisotopic (exact) mass is 361 g/mol. The van der Waals surface area contributed by atoms with Crippen LogP contribution in [0, 0.1) is 0 Å². The summed E-state index contributed by atoms with van der Waals surface area (Å²) in [5.74, 6) is 2.18. The van der Waals surface area contributed by atoms with E-state index in [0.29, 0.717) is 17.1 Å². The van der Waals surface area contributed by atoms with E-state index in [2.05, 4.69) is 19.7 Å². The molecule has 1 fully saturated rings. The molecule has 1 atom stereocenters. The summed E-state index contributed by atoms with van der Waals surface area (Å²) in [4.78, 5) is 16.7. The molecule has 0 spiro atoms. The molecule has 134 valence electrons. The van der Waals surface area contributed by atoms with Gasteiger partial charge in [0.2, 0.25) is 0 Å². The van der Waals surface area contributed by atoms with Gasteiger partial charge < -0.3 is 14.4 Å². The van der Waals surface area contributed by atoms with Gasteiger partial charge in [-0.2, -0.15) is 0 Å². The molecular formula is C18H24ClN5O. The second-order valence-electron chi connectivity index (χ2n) is 6.87. The standard InChI is InChI=1S/C18H24ClN5O/c1-22(2)12-16-20-21-17(23(16)3)14-5-4-10-24(11-14)18(25)13-6-8-15(19)9-7-13/h6-9,14H,4-5,10-12H2,1-3H3/t14-/m0/s1. The highest BCUT2D eigenvalue weighted by Gasteiger charge is 2.28. The minimum absolute atomic E-state index is 0.0528. The lowest BCUT2D eigenvalue weighted by Crippen LogP contribution is -2.39. The number of carbonyl (C=O) groups excluding carboxylic acids is 1. The van der Waals surface area contributed by atoms with Crippen LogP contribution >= 0.6 is 11.6 Å². The molecule has 1 aliphatic rings. The third-order valence-corrected chi connectivity index (χ3v) is 4.87. The third-order valence-electron chi connectivity index (χ3n) is 4.62. The van der Waals surface area contributed by atoms with E-state index in [0.717, 1.165) is 37.6 Å². The summed E-state index contributed by atoms with van der Waals surface area (Å²) in [6.45, 7) is 2.21. The van der Waals surface area contributed by atoms with Gasteiger partial charge in [0.1, 0.15) is 11.6 Å². The largest absolute Gasteiger partial charge is 0.338 e. The van der Waals surface area contributed by atoms with Crippen molar-refractivity contribution in [2.24, 2.45) is 7.05 Å². The number of rotatable bonds is 4. The highest BCUT2D eigenvalue weighted by Crippen LogP contribution is 2.27. The lowest BCUT2D eigenvalue weighted by Gasteiger charge is -2.32. The van der Waals surface area contributed by atoms with E-state index in [9.17, 15) is 4.79 Å². The Morgan fingerprint density at radius 3 is 2.68 bits per heavy atom. The lowest BCUT2D eigenvalue weighted by molar-refractivity contribution is 0.0703. The zero-order valence-electron chi connectivity index (χ0n) is 14.9. The number of benzene rings is 1. The van der Waals surface area contributed by atoms with Crippen molar-refractivity contribution < 1.29 is 4.79 Å². The van der Waals surface area contributed by atoms with Crippen LogP contribution in [-0.2, 0) is 13.6 Å². The number of hydrogen-bond donors (Lipinski definition) is 0. The number of nitrogens with zero attached hydrogens (tertiary/aromatic N) is 5. The van der Waals surface area contributed by atoms with Crippen molar-refractivity contribution in [3.63, 3.8) is 0 Å². The molecular weight excluding hydrogens is 338 g/mol. The van der Waals surface area contributed by atoms with Gasteiger partial charge in [0, 0.05) is 36.6 Å². The molecule has 0 unspecified atom stereocenters. The van der Waals surface area contributed by atoms with E-state index in [1.165, 1.54) is 0 Å². The topological polar surface area (TPSA) is 54.3 Å². The average Bonchev–Trinajstić information content (AvgIpc) is 2.95. The van der Waals surface area contributed by atoms with E-state index in [-0.39, 0.29) is 11.8 Å². The summed E-state index contributed by atoms with van der Waals surface area (Å²) in [7, 11) is 6.04. The van der Waals surface area contributed by atoms with Crippen LogP contribution in [0.4, 0.5) is 0 Å². The molecule has 2 aromatic rings. The predicted molar refractivity (Wildman–Crippen MR) is 97.7 cm³/mol. The van der Waals surface area contributed by atoms with Gasteiger partial charge in [0.25, 0.3) is 5.91 Å². The lowest BCUT2D eigenvalue weighted by atomic mass is 9.96. The maximum absolute atomic E-state index is 12.8. The predicted octanol–water partition coefficient (Wildman–Crippen LogP) is 2.55. The zero-order valence-corrected chi connectivity index (χ0v) is 15.7. The Bertz CT molecular complexity index is 740. The quantitative estimate of drug-likeness (QED) is 0.839. The van der Waals surface area contributed by atoms with E-state index in [4.69, 9.17) is 11.6 Å². The second kappa shape index (κ2) is 7.54. The van der Waals surface area contributed by atoms with Gasteiger partial charge in [-0.3, -0.25) is 4.79 Å². The van der Waals surface area contributed by atoms with E-state index >= 15 is 0 Å². The van der Waals surface area contributed by atoms with Crippen molar-refractivity contribution in [1.82, 2.24) is 24.6 Å². The summed E-state index contributed by atoms with van der Waals surface area (Å²) in [6, 6.07) is 7.08. The molecule has 1 aliphatic heterocycles. The van der Waals surface area contributed by atoms with Crippen LogP contribution in [0.3, 0.4) is 0 Å². The summed E-state index contributed by atoms with van der Waals surface area (Å²) < 4.78 is 2.07. The van der Waals surface area contributed by atoms with Crippen molar-refractivity contribution in [2.75, 3.05) is 27.2 Å². The highest BCUT2D eigenvalue weighted by molar-refractivity contribution is 6.30. The van der Waals surface area contributed by atoms with Gasteiger partial charge in [0.05, 0.1) is 6.54 Å². The van der Waals surface area contributed by atoms with Gasteiger partial charge in [0.15, 0.2) is 0 Å². The summed E-state index contributed by atoms with van der Waals surface area (Å²) in [5, 5.41) is 9.36. The fraction of sp³-hybridized carbons (Fsp3) is 0.500. The molecule has 1 amide bonds. The van der Waals surface area contributed by atoms with E-state index in [1.54, 1.807) is 24.3 Å². The van der Waals surface area contributed by atoms with Crippen LogP contribution in [0.5, 0.6) is 0 Å². The fourth-order valence-corrected chi connectivity index (χ4v) is 3.42. The Morgan fingerprint density at radius 2 is 2.00 bits per heavy atom. The summed E-state index contributed by atoms with van der Waals surface area (Å²) in [6.07, 6.45) is 2.00. The summed E-state index contributed by atoms with van der Waals surface area (Å²) >= 11 is 5.91. The van der Waals surface area contributed by atoms with Crippen LogP contribution in [0.2, 0.25) is 5.02 Å². The van der Waals surface area contributed by atoms with E-state index in [1.807, 2.05) is 26.0 Å². The molecule has 0 saturated carbocycles. The Kier molecular flexibility index (Phi) is 5.39. The maximum Gasteiger partial charge on any atom is 0.253 e. The number of piperidine rings is 1. The average molecular weight is 362 g/mol. The summed E-state index contributed by atoms with van der Waals surface area (Å²) in [5.41, 5.74) is 0.677. The molecule has 7 heteroatoms. The molecule has 2 heterocycles. The van der Waals surface area contributed by atoms with Crippen LogP contribution in [-0.4, -0.2) is 57.7 Å². The zero-order chi connectivity index (χ0) is 18.0. The first kappa shape index (κ1) is 17.9. The minimum Gasteiger partial charge on any atom is -0.338 e. The van der Waals surface area contributed by atoms with Gasteiger partial charge >= 0.3 is 0 Å². The number of hydrogen-bond acceptors (Lipinski definition) is 4. The normalized spacial score (nSPS) is 18.0. The Labute approximate surface area is 153 Å². The van der Waals surface area contributed by atoms with Crippen LogP contribution < -0.4 is 0 Å². The SMILES string of the molecule is CN(C)Cc1nnc([C@H]2CCCN(C(=O)c3ccc(Cl)cc3)C2)n1C. The molecule has 3 rings (SSSR count). The van der Waals surface area contributed by atoms with Crippen LogP contribution in [0.25, 0.3) is 0 Å². The molecule has 0 bridgehead atoms. The number of carbonyl (C=O) groups is 1. The first-order valence-electron chi connectivity index (χ1n) is 8.53. The molecule has 6 nitrogen and oxygen atoms in total. The van der Waals surface area contributed by atoms with Gasteiger partial charge in [-0.1, -0.05) is 11.6 Å². The van der Waals surface area contributed by atoms with Gasteiger partial charge in [-0.05, 0) is 51.2 Å². The van der Waals surface area contributed by atoms with Crippen LogP contribution in [0.1, 0.15) is 40.8 Å². The Hall–Kier alpha value is -1.92. The van der Waals surface area contributed by atoms with E-state index < -0.39 is 0 Å². The molecule has 0 radical (unpaired) electrons. The molecule has 1 aromatic heterocycles. The van der Waals surface area contributed by atoms with Crippen molar-refractivity contribution in [3.05, 3.63) is 46.5 Å². The second-order valence-corrected chi connectivity index (χ2v) is 7.30. The first-order valence-corrected chi connectivity index (χ1v) is 8.91. The highest BCUT2D eigenvalue weighted by atomic mass is 35.5. The Balaban J connectivity index is 1.74. The molecule has 1 saturated heterocycles. The van der Waals surface area contributed by atoms with Gasteiger partial charge in [-0.15, -0.1) is 10.2 Å². The number of aromatic nitrogens is 3. The molecule has 1 aromatic carbocycles. The maximum atomic E-state index is 12.8. The van der Waals surface area contributed by atoms with Gasteiger partial charge in [-0.25, -0.2) is 0 Å². The first-order chi connectivity index (χ1) is 12.0. The molecule has 25 heavy (non-hydrogen) atoms. The minimum atomic E-state index is 0.0528. The molecule has 0 N–H and O–H groups in total. The van der Waals surface area contributed by atoms with Crippen molar-refractivity contribution in [3.8, 4) is 0 Å². The fourth-order valence-electron chi connectivity index (χ4n) is 3.30.